The number of halogens is 1. The third kappa shape index (κ3) is 2.29. The highest BCUT2D eigenvalue weighted by Crippen LogP contribution is 2.34. The van der Waals surface area contributed by atoms with Gasteiger partial charge in [-0.3, -0.25) is 9.59 Å². The lowest BCUT2D eigenvalue weighted by Crippen LogP contribution is -2.54. The van der Waals surface area contributed by atoms with Gasteiger partial charge in [-0.25, -0.2) is 0 Å². The quantitative estimate of drug-likeness (QED) is 0.908. The molecular formula is C15H17ClN2O2. The van der Waals surface area contributed by atoms with Crippen molar-refractivity contribution in [3.05, 3.63) is 34.9 Å². The minimum atomic E-state index is -0.592. The maximum absolute atomic E-state index is 12.5. The van der Waals surface area contributed by atoms with E-state index in [1.54, 1.807) is 11.0 Å². The summed E-state index contributed by atoms with van der Waals surface area (Å²) in [7, 11) is 0. The number of piperazine rings is 1. The van der Waals surface area contributed by atoms with E-state index in [1.807, 2.05) is 18.2 Å². The third-order valence-corrected chi connectivity index (χ3v) is 4.49. The van der Waals surface area contributed by atoms with Gasteiger partial charge in [0, 0.05) is 29.6 Å². The van der Waals surface area contributed by atoms with Crippen LogP contribution in [0, 0.1) is 5.92 Å². The number of hydrogen-bond donors (Lipinski definition) is 1. The molecule has 3 rings (SSSR count). The van der Waals surface area contributed by atoms with Crippen molar-refractivity contribution >= 4 is 23.4 Å². The molecule has 1 atom stereocenters. The van der Waals surface area contributed by atoms with E-state index in [4.69, 9.17) is 11.6 Å². The van der Waals surface area contributed by atoms with Gasteiger partial charge in [0.15, 0.2) is 0 Å². The fourth-order valence-electron chi connectivity index (χ4n) is 2.80. The van der Waals surface area contributed by atoms with E-state index in [9.17, 15) is 9.59 Å². The Morgan fingerprint density at radius 3 is 2.70 bits per heavy atom. The van der Waals surface area contributed by atoms with Gasteiger partial charge in [-0.15, -0.1) is 0 Å². The molecular weight excluding hydrogens is 276 g/mol. The van der Waals surface area contributed by atoms with Crippen LogP contribution in [0.2, 0.25) is 5.02 Å². The highest BCUT2D eigenvalue weighted by Gasteiger charge is 2.39. The van der Waals surface area contributed by atoms with Gasteiger partial charge in [0.05, 0.1) is 0 Å². The van der Waals surface area contributed by atoms with Gasteiger partial charge in [-0.2, -0.15) is 0 Å². The molecule has 0 radical (unpaired) electrons. The summed E-state index contributed by atoms with van der Waals surface area (Å²) in [5, 5.41) is 3.35. The van der Waals surface area contributed by atoms with Gasteiger partial charge in [0.25, 0.3) is 0 Å². The predicted molar refractivity (Wildman–Crippen MR) is 76.3 cm³/mol. The molecule has 1 N–H and O–H groups in total. The molecule has 5 heteroatoms. The number of carbonyl (C=O) groups excluding carboxylic acids is 2. The highest BCUT2D eigenvalue weighted by molar-refractivity contribution is 6.31. The predicted octanol–water partition coefficient (Wildman–Crippen LogP) is 2.14. The molecule has 1 saturated heterocycles. The summed E-state index contributed by atoms with van der Waals surface area (Å²) in [6.07, 6.45) is 2.98. The zero-order chi connectivity index (χ0) is 14.1. The largest absolute Gasteiger partial charge is 0.352 e. The number of rotatable bonds is 2. The molecule has 4 nitrogen and oxygen atoms in total. The summed E-state index contributed by atoms with van der Waals surface area (Å²) in [6, 6.07) is 6.65. The van der Waals surface area contributed by atoms with Crippen molar-refractivity contribution in [1.82, 2.24) is 10.2 Å². The van der Waals surface area contributed by atoms with Gasteiger partial charge in [0.2, 0.25) is 11.8 Å². The highest BCUT2D eigenvalue weighted by atomic mass is 35.5. The number of benzene rings is 1. The lowest BCUT2D eigenvalue weighted by atomic mass is 9.83. The first-order valence-corrected chi connectivity index (χ1v) is 7.39. The first kappa shape index (κ1) is 13.4. The molecule has 0 spiro atoms. The van der Waals surface area contributed by atoms with Crippen LogP contribution in [0.1, 0.15) is 30.9 Å². The van der Waals surface area contributed by atoms with Crippen LogP contribution in [0.25, 0.3) is 0 Å². The molecule has 1 saturated carbocycles. The molecule has 1 aliphatic heterocycles. The van der Waals surface area contributed by atoms with Crippen molar-refractivity contribution in [3.8, 4) is 0 Å². The van der Waals surface area contributed by atoms with Crippen LogP contribution in [0.5, 0.6) is 0 Å². The topological polar surface area (TPSA) is 49.4 Å². The van der Waals surface area contributed by atoms with E-state index in [-0.39, 0.29) is 17.7 Å². The van der Waals surface area contributed by atoms with Crippen LogP contribution in [-0.2, 0) is 9.59 Å². The first-order valence-electron chi connectivity index (χ1n) is 7.01. The zero-order valence-electron chi connectivity index (χ0n) is 11.1. The minimum Gasteiger partial charge on any atom is -0.352 e. The summed E-state index contributed by atoms with van der Waals surface area (Å²) < 4.78 is 0. The SMILES string of the molecule is O=C1NCCN(C(=O)C2CCC2)[C@H]1c1ccccc1Cl. The number of carbonyl (C=O) groups is 2. The molecule has 0 unspecified atom stereocenters. The fraction of sp³-hybridized carbons (Fsp3) is 0.467. The van der Waals surface area contributed by atoms with Crippen LogP contribution in [0.15, 0.2) is 24.3 Å². The average molecular weight is 293 g/mol. The Bertz CT molecular complexity index is 542. The Kier molecular flexibility index (Phi) is 3.66. The normalized spacial score (nSPS) is 23.1. The van der Waals surface area contributed by atoms with Crippen molar-refractivity contribution in [2.45, 2.75) is 25.3 Å². The molecule has 1 aliphatic carbocycles. The summed E-state index contributed by atoms with van der Waals surface area (Å²) >= 11 is 6.20. The van der Waals surface area contributed by atoms with Crippen molar-refractivity contribution in [1.29, 1.82) is 0 Å². The molecule has 2 amide bonds. The van der Waals surface area contributed by atoms with E-state index in [1.165, 1.54) is 0 Å². The van der Waals surface area contributed by atoms with Gasteiger partial charge >= 0.3 is 0 Å². The molecule has 106 valence electrons. The van der Waals surface area contributed by atoms with Gasteiger partial charge in [-0.05, 0) is 18.9 Å². The number of nitrogens with one attached hydrogen (secondary N) is 1. The Hall–Kier alpha value is -1.55. The van der Waals surface area contributed by atoms with Crippen LogP contribution < -0.4 is 5.32 Å². The van der Waals surface area contributed by atoms with Crippen LogP contribution in [0.4, 0.5) is 0 Å². The molecule has 20 heavy (non-hydrogen) atoms. The van der Waals surface area contributed by atoms with Gasteiger partial charge < -0.3 is 10.2 Å². The van der Waals surface area contributed by atoms with E-state index in [0.29, 0.717) is 23.7 Å². The van der Waals surface area contributed by atoms with Crippen LogP contribution in [-0.4, -0.2) is 29.8 Å². The molecule has 2 fully saturated rings. The Balaban J connectivity index is 1.92. The van der Waals surface area contributed by atoms with E-state index < -0.39 is 6.04 Å². The molecule has 1 heterocycles. The van der Waals surface area contributed by atoms with Crippen molar-refractivity contribution in [2.24, 2.45) is 5.92 Å². The fourth-order valence-corrected chi connectivity index (χ4v) is 3.04. The Morgan fingerprint density at radius 1 is 1.30 bits per heavy atom. The monoisotopic (exact) mass is 292 g/mol. The minimum absolute atomic E-state index is 0.0888. The summed E-state index contributed by atoms with van der Waals surface area (Å²) in [6.45, 7) is 1.06. The molecule has 2 aliphatic rings. The third-order valence-electron chi connectivity index (χ3n) is 4.15. The van der Waals surface area contributed by atoms with E-state index >= 15 is 0 Å². The van der Waals surface area contributed by atoms with Crippen molar-refractivity contribution < 1.29 is 9.59 Å². The lowest BCUT2D eigenvalue weighted by molar-refractivity contribution is -0.148. The van der Waals surface area contributed by atoms with E-state index in [0.717, 1.165) is 19.3 Å². The summed E-state index contributed by atoms with van der Waals surface area (Å²) in [5.74, 6) is 0.0407. The Labute approximate surface area is 123 Å². The summed E-state index contributed by atoms with van der Waals surface area (Å²) in [5.41, 5.74) is 0.707. The van der Waals surface area contributed by atoms with Crippen LogP contribution in [0.3, 0.4) is 0 Å². The van der Waals surface area contributed by atoms with E-state index in [2.05, 4.69) is 5.32 Å². The number of amides is 2. The second kappa shape index (κ2) is 5.44. The number of nitrogens with zero attached hydrogens (tertiary/aromatic N) is 1. The maximum Gasteiger partial charge on any atom is 0.247 e. The standard InChI is InChI=1S/C15H17ClN2O2/c16-12-7-2-1-6-11(12)13-14(19)17-8-9-18(13)15(20)10-4-3-5-10/h1-2,6-7,10,13H,3-5,8-9H2,(H,17,19)/t13-/m0/s1. The second-order valence-corrected chi connectivity index (χ2v) is 5.78. The zero-order valence-corrected chi connectivity index (χ0v) is 11.9. The number of hydrogen-bond acceptors (Lipinski definition) is 2. The smallest absolute Gasteiger partial charge is 0.247 e. The average Bonchev–Trinajstić information content (AvgIpc) is 2.37. The van der Waals surface area contributed by atoms with Gasteiger partial charge in [0.1, 0.15) is 6.04 Å². The second-order valence-electron chi connectivity index (χ2n) is 5.37. The molecule has 0 aromatic heterocycles. The molecule has 1 aromatic rings. The lowest BCUT2D eigenvalue weighted by Gasteiger charge is -2.39. The first-order chi connectivity index (χ1) is 9.68. The maximum atomic E-state index is 12.5. The van der Waals surface area contributed by atoms with Gasteiger partial charge in [-0.1, -0.05) is 36.2 Å². The molecule has 1 aromatic carbocycles. The van der Waals surface area contributed by atoms with Crippen LogP contribution >= 0.6 is 11.6 Å². The summed E-state index contributed by atoms with van der Waals surface area (Å²) in [4.78, 5) is 26.4. The van der Waals surface area contributed by atoms with Crippen molar-refractivity contribution in [3.63, 3.8) is 0 Å². The van der Waals surface area contributed by atoms with Crippen molar-refractivity contribution in [2.75, 3.05) is 13.1 Å². The molecule has 0 bridgehead atoms. The Morgan fingerprint density at radius 2 is 2.05 bits per heavy atom.